The third-order valence-electron chi connectivity index (χ3n) is 3.30. The summed E-state index contributed by atoms with van der Waals surface area (Å²) in [5.74, 6) is 0. The molecular formula is C17H28O2Si. The summed E-state index contributed by atoms with van der Waals surface area (Å²) in [6.07, 6.45) is 6.11. The molecule has 0 fully saturated rings. The second-order valence-electron chi connectivity index (χ2n) is 4.99. The van der Waals surface area contributed by atoms with Crippen molar-refractivity contribution in [1.82, 2.24) is 0 Å². The molecule has 1 aromatic rings. The molecule has 1 unspecified atom stereocenters. The van der Waals surface area contributed by atoms with E-state index in [0.29, 0.717) is 0 Å². The van der Waals surface area contributed by atoms with E-state index in [2.05, 4.69) is 37.8 Å². The minimum atomic E-state index is -1.13. The number of ether oxygens (including phenoxy) is 1. The molecule has 0 aromatic heterocycles. The molecule has 0 aliphatic carbocycles. The molecule has 20 heavy (non-hydrogen) atoms. The summed E-state index contributed by atoms with van der Waals surface area (Å²) in [6.45, 7) is 9.70. The average Bonchev–Trinajstić information content (AvgIpc) is 2.49. The summed E-state index contributed by atoms with van der Waals surface area (Å²) < 4.78 is 11.6. The van der Waals surface area contributed by atoms with Crippen molar-refractivity contribution in [3.05, 3.63) is 42.0 Å². The molecule has 0 saturated heterocycles. The SMILES string of the molecule is C=Cc1ccc(CCCO[SiH](CCC)COCC)cc1. The molecule has 1 rings (SSSR count). The smallest absolute Gasteiger partial charge is 0.202 e. The summed E-state index contributed by atoms with van der Waals surface area (Å²) in [4.78, 5) is 0. The van der Waals surface area contributed by atoms with Gasteiger partial charge in [0.25, 0.3) is 0 Å². The van der Waals surface area contributed by atoms with Gasteiger partial charge in [-0.15, -0.1) is 0 Å². The monoisotopic (exact) mass is 292 g/mol. The Kier molecular flexibility index (Phi) is 9.29. The van der Waals surface area contributed by atoms with Crippen LogP contribution in [-0.4, -0.2) is 28.5 Å². The fourth-order valence-electron chi connectivity index (χ4n) is 2.13. The van der Waals surface area contributed by atoms with Crippen molar-refractivity contribution in [2.24, 2.45) is 0 Å². The van der Waals surface area contributed by atoms with E-state index in [-0.39, 0.29) is 0 Å². The molecular weight excluding hydrogens is 264 g/mol. The molecule has 1 atom stereocenters. The first-order valence-electron chi connectivity index (χ1n) is 7.70. The third kappa shape index (κ3) is 7.03. The first kappa shape index (κ1) is 17.1. The highest BCUT2D eigenvalue weighted by Gasteiger charge is 2.10. The van der Waals surface area contributed by atoms with Gasteiger partial charge < -0.3 is 9.16 Å². The van der Waals surface area contributed by atoms with E-state index in [1.165, 1.54) is 23.6 Å². The fourth-order valence-corrected chi connectivity index (χ4v) is 4.20. The molecule has 3 heteroatoms. The summed E-state index contributed by atoms with van der Waals surface area (Å²) in [6, 6.07) is 9.81. The van der Waals surface area contributed by atoms with E-state index < -0.39 is 9.04 Å². The van der Waals surface area contributed by atoms with Crippen LogP contribution in [0.3, 0.4) is 0 Å². The van der Waals surface area contributed by atoms with Crippen molar-refractivity contribution in [1.29, 1.82) is 0 Å². The van der Waals surface area contributed by atoms with Gasteiger partial charge in [0.1, 0.15) is 0 Å². The molecule has 112 valence electrons. The van der Waals surface area contributed by atoms with Crippen LogP contribution in [0.25, 0.3) is 6.08 Å². The highest BCUT2D eigenvalue weighted by molar-refractivity contribution is 6.51. The normalized spacial score (nSPS) is 12.3. The van der Waals surface area contributed by atoms with Crippen LogP contribution in [0.15, 0.2) is 30.8 Å². The molecule has 0 N–H and O–H groups in total. The Morgan fingerprint density at radius 1 is 1.20 bits per heavy atom. The summed E-state index contributed by atoms with van der Waals surface area (Å²) in [5.41, 5.74) is 2.55. The van der Waals surface area contributed by atoms with Gasteiger partial charge >= 0.3 is 0 Å². The average molecular weight is 292 g/mol. The maximum atomic E-state index is 6.05. The largest absolute Gasteiger partial charge is 0.418 e. The van der Waals surface area contributed by atoms with Gasteiger partial charge in [-0.1, -0.05) is 50.3 Å². The van der Waals surface area contributed by atoms with E-state index in [1.54, 1.807) is 0 Å². The van der Waals surface area contributed by atoms with Crippen LogP contribution in [0.5, 0.6) is 0 Å². The third-order valence-corrected chi connectivity index (χ3v) is 5.83. The van der Waals surface area contributed by atoms with E-state index in [1.807, 2.05) is 13.0 Å². The second kappa shape index (κ2) is 10.8. The van der Waals surface area contributed by atoms with Crippen LogP contribution in [-0.2, 0) is 15.6 Å². The van der Waals surface area contributed by atoms with Crippen LogP contribution in [0, 0.1) is 0 Å². The maximum Gasteiger partial charge on any atom is 0.202 e. The maximum absolute atomic E-state index is 6.05. The summed E-state index contributed by atoms with van der Waals surface area (Å²) in [5, 5.41) is 0. The van der Waals surface area contributed by atoms with Gasteiger partial charge in [0, 0.05) is 13.2 Å². The fraction of sp³-hybridized carbons (Fsp3) is 0.529. The molecule has 0 aliphatic rings. The van der Waals surface area contributed by atoms with Crippen LogP contribution in [0.1, 0.15) is 37.8 Å². The highest BCUT2D eigenvalue weighted by Crippen LogP contribution is 2.08. The summed E-state index contributed by atoms with van der Waals surface area (Å²) in [7, 11) is -1.13. The Bertz CT molecular complexity index is 362. The molecule has 2 nitrogen and oxygen atoms in total. The Hall–Kier alpha value is -0.903. The van der Waals surface area contributed by atoms with Crippen molar-refractivity contribution in [3.63, 3.8) is 0 Å². The Balaban J connectivity index is 2.22. The molecule has 0 bridgehead atoms. The van der Waals surface area contributed by atoms with Crippen LogP contribution >= 0.6 is 0 Å². The molecule has 0 radical (unpaired) electrons. The predicted molar refractivity (Wildman–Crippen MR) is 89.5 cm³/mol. The Labute approximate surface area is 125 Å². The van der Waals surface area contributed by atoms with Gasteiger partial charge in [-0.05, 0) is 36.9 Å². The summed E-state index contributed by atoms with van der Waals surface area (Å²) >= 11 is 0. The highest BCUT2D eigenvalue weighted by atomic mass is 28.3. The molecule has 0 aliphatic heterocycles. The number of benzene rings is 1. The number of rotatable bonds is 11. The van der Waals surface area contributed by atoms with Crippen molar-refractivity contribution >= 4 is 15.1 Å². The van der Waals surface area contributed by atoms with E-state index in [9.17, 15) is 0 Å². The molecule has 1 aromatic carbocycles. The van der Waals surface area contributed by atoms with E-state index in [0.717, 1.165) is 32.3 Å². The minimum Gasteiger partial charge on any atom is -0.418 e. The van der Waals surface area contributed by atoms with Crippen LogP contribution in [0.4, 0.5) is 0 Å². The standard InChI is InChI=1S/C17H28O2Si/c1-4-14-20(15-18-6-3)19-13-7-8-17-11-9-16(5-2)10-12-17/h5,9-12,20H,2,4,6-8,13-15H2,1,3H3. The van der Waals surface area contributed by atoms with Gasteiger partial charge in [0.05, 0.1) is 6.23 Å². The topological polar surface area (TPSA) is 18.5 Å². The van der Waals surface area contributed by atoms with E-state index in [4.69, 9.17) is 9.16 Å². The molecule has 0 amide bonds. The lowest BCUT2D eigenvalue weighted by Crippen LogP contribution is -2.25. The number of hydrogen-bond donors (Lipinski definition) is 0. The predicted octanol–water partition coefficient (Wildman–Crippen LogP) is 3.99. The lowest BCUT2D eigenvalue weighted by molar-refractivity contribution is 0.170. The first-order valence-corrected chi connectivity index (χ1v) is 9.81. The number of aryl methyl sites for hydroxylation is 1. The minimum absolute atomic E-state index is 0.798. The van der Waals surface area contributed by atoms with Gasteiger partial charge in [0.2, 0.25) is 9.04 Å². The zero-order valence-corrected chi connectivity index (χ0v) is 14.1. The lowest BCUT2D eigenvalue weighted by atomic mass is 10.1. The van der Waals surface area contributed by atoms with Crippen LogP contribution in [0.2, 0.25) is 6.04 Å². The van der Waals surface area contributed by atoms with Crippen molar-refractivity contribution in [2.75, 3.05) is 19.4 Å². The lowest BCUT2D eigenvalue weighted by Gasteiger charge is -2.15. The number of hydrogen-bond acceptors (Lipinski definition) is 2. The van der Waals surface area contributed by atoms with Gasteiger partial charge in [0.15, 0.2) is 0 Å². The van der Waals surface area contributed by atoms with Crippen LogP contribution < -0.4 is 0 Å². The quantitative estimate of drug-likeness (QED) is 0.453. The molecule has 0 spiro atoms. The van der Waals surface area contributed by atoms with Gasteiger partial charge in [-0.3, -0.25) is 0 Å². The Morgan fingerprint density at radius 2 is 1.95 bits per heavy atom. The molecule has 0 saturated carbocycles. The van der Waals surface area contributed by atoms with Crippen molar-refractivity contribution < 1.29 is 9.16 Å². The van der Waals surface area contributed by atoms with Gasteiger partial charge in [-0.2, -0.15) is 0 Å². The van der Waals surface area contributed by atoms with Gasteiger partial charge in [-0.25, -0.2) is 0 Å². The second-order valence-corrected chi connectivity index (χ2v) is 7.48. The Morgan fingerprint density at radius 3 is 2.55 bits per heavy atom. The van der Waals surface area contributed by atoms with Crippen molar-refractivity contribution in [2.45, 2.75) is 39.2 Å². The van der Waals surface area contributed by atoms with Crippen molar-refractivity contribution in [3.8, 4) is 0 Å². The zero-order chi connectivity index (χ0) is 14.6. The molecule has 0 heterocycles. The van der Waals surface area contributed by atoms with E-state index >= 15 is 0 Å². The first-order chi connectivity index (χ1) is 9.80. The zero-order valence-electron chi connectivity index (χ0n) is 12.9.